The number of nitrogens with one attached hydrogen (secondary N) is 2. The first-order valence-electron chi connectivity index (χ1n) is 8.11. The van der Waals surface area contributed by atoms with Crippen molar-refractivity contribution < 1.29 is 0 Å². The fraction of sp³-hybridized carbons (Fsp3) is 0.389. The second kappa shape index (κ2) is 11.8. The van der Waals surface area contributed by atoms with Crippen molar-refractivity contribution in [3.63, 3.8) is 0 Å². The molecule has 0 aliphatic heterocycles. The smallest absolute Gasteiger partial charge is 0.191 e. The number of pyridine rings is 2. The van der Waals surface area contributed by atoms with Crippen LogP contribution in [0.25, 0.3) is 0 Å². The van der Waals surface area contributed by atoms with Crippen molar-refractivity contribution in [1.29, 1.82) is 0 Å². The average Bonchev–Trinajstić information content (AvgIpc) is 2.58. The van der Waals surface area contributed by atoms with E-state index in [9.17, 15) is 0 Å². The molecule has 5 nitrogen and oxygen atoms in total. The predicted octanol–water partition coefficient (Wildman–Crippen LogP) is 2.74. The van der Waals surface area contributed by atoms with Crippen LogP contribution < -0.4 is 10.6 Å². The third kappa shape index (κ3) is 7.72. The van der Waals surface area contributed by atoms with E-state index >= 15 is 0 Å². The maximum Gasteiger partial charge on any atom is 0.191 e. The number of rotatable bonds is 7. The third-order valence-electron chi connectivity index (χ3n) is 3.39. The lowest BCUT2D eigenvalue weighted by Gasteiger charge is -2.11. The standard InChI is InChI=1S/C18H25N5.HI/c1-3-19-18(22-13-10-17-6-4-5-11-20-17)21-12-9-16-8-7-15(2)23-14-16;/h4-8,11,14H,3,9-10,12-13H2,1-2H3,(H2,19,21,22);1H. The lowest BCUT2D eigenvalue weighted by atomic mass is 10.2. The van der Waals surface area contributed by atoms with Crippen LogP contribution in [0, 0.1) is 6.92 Å². The van der Waals surface area contributed by atoms with E-state index in [0.717, 1.165) is 49.8 Å². The van der Waals surface area contributed by atoms with Crippen molar-refractivity contribution in [3.05, 3.63) is 59.7 Å². The number of aryl methyl sites for hydroxylation is 1. The Kier molecular flexibility index (Phi) is 9.98. The van der Waals surface area contributed by atoms with Gasteiger partial charge in [-0.1, -0.05) is 12.1 Å². The highest BCUT2D eigenvalue weighted by molar-refractivity contribution is 14.0. The molecule has 6 heteroatoms. The maximum absolute atomic E-state index is 4.59. The molecule has 0 saturated heterocycles. The van der Waals surface area contributed by atoms with Gasteiger partial charge in [0.05, 0.1) is 0 Å². The zero-order valence-corrected chi connectivity index (χ0v) is 16.7. The van der Waals surface area contributed by atoms with Crippen LogP contribution in [0.2, 0.25) is 0 Å². The van der Waals surface area contributed by atoms with Gasteiger partial charge < -0.3 is 10.6 Å². The summed E-state index contributed by atoms with van der Waals surface area (Å²) < 4.78 is 0. The number of nitrogens with zero attached hydrogens (tertiary/aromatic N) is 3. The van der Waals surface area contributed by atoms with Crippen molar-refractivity contribution in [3.8, 4) is 0 Å². The van der Waals surface area contributed by atoms with E-state index in [-0.39, 0.29) is 24.0 Å². The fourth-order valence-electron chi connectivity index (χ4n) is 2.14. The summed E-state index contributed by atoms with van der Waals surface area (Å²) in [6.45, 7) is 6.47. The van der Waals surface area contributed by atoms with Crippen molar-refractivity contribution in [2.24, 2.45) is 4.99 Å². The summed E-state index contributed by atoms with van der Waals surface area (Å²) in [5.41, 5.74) is 3.34. The molecule has 2 rings (SSSR count). The number of aliphatic imine (C=N–C) groups is 1. The van der Waals surface area contributed by atoms with Gasteiger partial charge in [0.2, 0.25) is 0 Å². The van der Waals surface area contributed by atoms with Gasteiger partial charge in [0, 0.05) is 49.8 Å². The minimum absolute atomic E-state index is 0. The monoisotopic (exact) mass is 439 g/mol. The number of hydrogen-bond donors (Lipinski definition) is 2. The lowest BCUT2D eigenvalue weighted by molar-refractivity contribution is 0.792. The van der Waals surface area contributed by atoms with Gasteiger partial charge in [0.1, 0.15) is 0 Å². The Morgan fingerprint density at radius 2 is 1.96 bits per heavy atom. The summed E-state index contributed by atoms with van der Waals surface area (Å²) in [5.74, 6) is 0.850. The molecule has 0 spiro atoms. The van der Waals surface area contributed by atoms with Crippen LogP contribution >= 0.6 is 24.0 Å². The molecule has 0 aromatic carbocycles. The Hall–Kier alpha value is -1.70. The van der Waals surface area contributed by atoms with Gasteiger partial charge in [-0.25, -0.2) is 0 Å². The Balaban J connectivity index is 0.00000288. The minimum Gasteiger partial charge on any atom is -0.357 e. The highest BCUT2D eigenvalue weighted by Gasteiger charge is 1.99. The number of hydrogen-bond acceptors (Lipinski definition) is 3. The Morgan fingerprint density at radius 3 is 2.62 bits per heavy atom. The Labute approximate surface area is 161 Å². The van der Waals surface area contributed by atoms with Crippen LogP contribution in [0.5, 0.6) is 0 Å². The van der Waals surface area contributed by atoms with E-state index in [0.29, 0.717) is 0 Å². The van der Waals surface area contributed by atoms with Crippen LogP contribution in [0.3, 0.4) is 0 Å². The highest BCUT2D eigenvalue weighted by atomic mass is 127. The van der Waals surface area contributed by atoms with E-state index in [2.05, 4.69) is 38.6 Å². The molecule has 2 N–H and O–H groups in total. The van der Waals surface area contributed by atoms with Crippen LogP contribution in [-0.4, -0.2) is 35.6 Å². The first-order valence-corrected chi connectivity index (χ1v) is 8.11. The summed E-state index contributed by atoms with van der Waals surface area (Å²) in [4.78, 5) is 13.2. The normalized spacial score (nSPS) is 10.8. The molecule has 0 amide bonds. The molecule has 2 aromatic heterocycles. The van der Waals surface area contributed by atoms with E-state index in [1.807, 2.05) is 43.6 Å². The molecule has 0 radical (unpaired) electrons. The molecule has 0 aliphatic carbocycles. The molecular weight excluding hydrogens is 413 g/mol. The van der Waals surface area contributed by atoms with Crippen LogP contribution in [0.15, 0.2) is 47.7 Å². The molecule has 0 saturated carbocycles. The van der Waals surface area contributed by atoms with E-state index < -0.39 is 0 Å². The van der Waals surface area contributed by atoms with Crippen molar-refractivity contribution >= 4 is 29.9 Å². The van der Waals surface area contributed by atoms with Gasteiger partial charge in [-0.2, -0.15) is 0 Å². The fourth-order valence-corrected chi connectivity index (χ4v) is 2.14. The Morgan fingerprint density at radius 1 is 1.08 bits per heavy atom. The summed E-state index contributed by atoms with van der Waals surface area (Å²) in [6, 6.07) is 10.1. The van der Waals surface area contributed by atoms with Crippen LogP contribution in [0.1, 0.15) is 23.9 Å². The SMILES string of the molecule is CCNC(=NCCc1ccccn1)NCCc1ccc(C)nc1.I. The van der Waals surface area contributed by atoms with Crippen molar-refractivity contribution in [1.82, 2.24) is 20.6 Å². The van der Waals surface area contributed by atoms with E-state index in [1.165, 1.54) is 5.56 Å². The molecule has 0 bridgehead atoms. The minimum atomic E-state index is 0. The Bertz CT molecular complexity index is 599. The molecule has 0 fully saturated rings. The molecule has 0 unspecified atom stereocenters. The molecule has 0 atom stereocenters. The second-order valence-corrected chi connectivity index (χ2v) is 5.32. The zero-order chi connectivity index (χ0) is 16.3. The molecule has 0 aliphatic rings. The number of halogens is 1. The largest absolute Gasteiger partial charge is 0.357 e. The van der Waals surface area contributed by atoms with E-state index in [1.54, 1.807) is 0 Å². The van der Waals surface area contributed by atoms with Crippen molar-refractivity contribution in [2.45, 2.75) is 26.7 Å². The summed E-state index contributed by atoms with van der Waals surface area (Å²) in [5, 5.41) is 6.63. The topological polar surface area (TPSA) is 62.2 Å². The van der Waals surface area contributed by atoms with Crippen molar-refractivity contribution in [2.75, 3.05) is 19.6 Å². The van der Waals surface area contributed by atoms with Gasteiger partial charge in [0.15, 0.2) is 5.96 Å². The predicted molar refractivity (Wildman–Crippen MR) is 110 cm³/mol. The highest BCUT2D eigenvalue weighted by Crippen LogP contribution is 1.99. The molecule has 2 heterocycles. The molecule has 130 valence electrons. The first kappa shape index (κ1) is 20.3. The lowest BCUT2D eigenvalue weighted by Crippen LogP contribution is -2.38. The van der Waals surface area contributed by atoms with Crippen LogP contribution in [-0.2, 0) is 12.8 Å². The van der Waals surface area contributed by atoms with Gasteiger partial charge >= 0.3 is 0 Å². The van der Waals surface area contributed by atoms with E-state index in [4.69, 9.17) is 0 Å². The number of guanidine groups is 1. The quantitative estimate of drug-likeness (QED) is 0.396. The number of aromatic nitrogens is 2. The zero-order valence-electron chi connectivity index (χ0n) is 14.3. The molecular formula is C18H26IN5. The molecule has 2 aromatic rings. The third-order valence-corrected chi connectivity index (χ3v) is 3.39. The summed E-state index contributed by atoms with van der Waals surface area (Å²) in [7, 11) is 0. The van der Waals surface area contributed by atoms with Gasteiger partial charge in [-0.15, -0.1) is 24.0 Å². The van der Waals surface area contributed by atoms with Crippen LogP contribution in [0.4, 0.5) is 0 Å². The summed E-state index contributed by atoms with van der Waals surface area (Å²) in [6.07, 6.45) is 5.53. The second-order valence-electron chi connectivity index (χ2n) is 5.32. The average molecular weight is 439 g/mol. The van der Waals surface area contributed by atoms with Gasteiger partial charge in [0.25, 0.3) is 0 Å². The first-order chi connectivity index (χ1) is 11.3. The summed E-state index contributed by atoms with van der Waals surface area (Å²) >= 11 is 0. The van der Waals surface area contributed by atoms with Gasteiger partial charge in [-0.05, 0) is 44.0 Å². The molecule has 24 heavy (non-hydrogen) atoms. The van der Waals surface area contributed by atoms with Gasteiger partial charge in [-0.3, -0.25) is 15.0 Å². The maximum atomic E-state index is 4.59.